The molecule has 1 aliphatic heterocycles. The summed E-state index contributed by atoms with van der Waals surface area (Å²) >= 11 is 0. The fraction of sp³-hybridized carbons (Fsp3) is 0.333. The molecule has 0 saturated carbocycles. The van der Waals surface area contributed by atoms with Gasteiger partial charge in [0.05, 0.1) is 16.3 Å². The van der Waals surface area contributed by atoms with Gasteiger partial charge in [0.15, 0.2) is 0 Å². The molecule has 2 aromatic carbocycles. The second kappa shape index (κ2) is 6.83. The number of fused-ring (bicyclic) bond motifs is 1. The van der Waals surface area contributed by atoms with Crippen LogP contribution in [-0.2, 0) is 16.6 Å². The van der Waals surface area contributed by atoms with Crippen LogP contribution >= 0.6 is 0 Å². The van der Waals surface area contributed by atoms with E-state index >= 15 is 0 Å². The maximum Gasteiger partial charge on any atom is 0.242 e. The summed E-state index contributed by atoms with van der Waals surface area (Å²) in [5.41, 5.74) is 3.29. The lowest BCUT2D eigenvalue weighted by molar-refractivity contribution is 0.520. The molecule has 0 amide bonds. The van der Waals surface area contributed by atoms with Crippen LogP contribution in [0.5, 0.6) is 0 Å². The van der Waals surface area contributed by atoms with Crippen LogP contribution in [0.1, 0.15) is 12.0 Å². The summed E-state index contributed by atoms with van der Waals surface area (Å²) in [5, 5.41) is 3.45. The molecule has 0 bridgehead atoms. The van der Waals surface area contributed by atoms with E-state index in [1.54, 1.807) is 26.2 Å². The Hall–Kier alpha value is -2.05. The van der Waals surface area contributed by atoms with E-state index in [0.29, 0.717) is 11.4 Å². The zero-order chi connectivity index (χ0) is 17.2. The fourth-order valence-electron chi connectivity index (χ4n) is 2.91. The molecule has 0 fully saturated rings. The maximum absolute atomic E-state index is 12.3. The molecule has 128 valence electrons. The molecule has 0 atom stereocenters. The lowest BCUT2D eigenvalue weighted by Crippen LogP contribution is -2.24. The lowest BCUT2D eigenvalue weighted by atomic mass is 10.2. The molecule has 1 N–H and O–H groups in total. The van der Waals surface area contributed by atoms with Crippen LogP contribution in [0.4, 0.5) is 11.4 Å². The average molecular weight is 345 g/mol. The van der Waals surface area contributed by atoms with Gasteiger partial charge >= 0.3 is 0 Å². The first kappa shape index (κ1) is 16.8. The van der Waals surface area contributed by atoms with Crippen molar-refractivity contribution in [1.29, 1.82) is 0 Å². The van der Waals surface area contributed by atoms with Gasteiger partial charge in [0.25, 0.3) is 0 Å². The maximum atomic E-state index is 12.3. The summed E-state index contributed by atoms with van der Waals surface area (Å²) in [7, 11) is -0.297. The van der Waals surface area contributed by atoms with E-state index in [1.165, 1.54) is 4.31 Å². The molecular formula is C18H23N3O2S. The first-order chi connectivity index (χ1) is 11.5. The van der Waals surface area contributed by atoms with Gasteiger partial charge in [-0.3, -0.25) is 0 Å². The molecular weight excluding hydrogens is 322 g/mol. The minimum atomic E-state index is -3.41. The second-order valence-corrected chi connectivity index (χ2v) is 8.31. The molecule has 1 heterocycles. The van der Waals surface area contributed by atoms with Crippen LogP contribution in [-0.4, -0.2) is 39.9 Å². The van der Waals surface area contributed by atoms with Gasteiger partial charge in [-0.25, -0.2) is 12.7 Å². The smallest absolute Gasteiger partial charge is 0.242 e. The Balaban J connectivity index is 1.90. The molecule has 3 rings (SSSR count). The van der Waals surface area contributed by atoms with Gasteiger partial charge in [0, 0.05) is 33.7 Å². The number of anilines is 2. The van der Waals surface area contributed by atoms with Crippen LogP contribution in [0.25, 0.3) is 0 Å². The first-order valence-electron chi connectivity index (χ1n) is 8.08. The van der Waals surface area contributed by atoms with Gasteiger partial charge < -0.3 is 10.2 Å². The molecule has 0 aliphatic carbocycles. The molecule has 5 nitrogen and oxygen atoms in total. The van der Waals surface area contributed by atoms with Crippen molar-refractivity contribution in [3.05, 3.63) is 54.1 Å². The van der Waals surface area contributed by atoms with Crippen molar-refractivity contribution < 1.29 is 8.42 Å². The van der Waals surface area contributed by atoms with Gasteiger partial charge in [-0.2, -0.15) is 0 Å². The van der Waals surface area contributed by atoms with E-state index in [-0.39, 0.29) is 0 Å². The minimum Gasteiger partial charge on any atom is -0.383 e. The van der Waals surface area contributed by atoms with Crippen LogP contribution in [0, 0.1) is 0 Å². The summed E-state index contributed by atoms with van der Waals surface area (Å²) in [6, 6.07) is 15.5. The molecule has 0 aromatic heterocycles. The highest BCUT2D eigenvalue weighted by molar-refractivity contribution is 7.89. The standard InChI is InChI=1S/C18H23N3O2S/c1-20(2)24(22,23)16-8-5-7-15(13-16)14-21-12-6-11-19-17-9-3-4-10-18(17)21/h3-5,7-10,13,19H,6,11-12,14H2,1-2H3. The van der Waals surface area contributed by atoms with E-state index in [9.17, 15) is 8.42 Å². The second-order valence-electron chi connectivity index (χ2n) is 6.15. The van der Waals surface area contributed by atoms with Gasteiger partial charge in [-0.05, 0) is 36.2 Å². The van der Waals surface area contributed by atoms with Crippen molar-refractivity contribution in [3.8, 4) is 0 Å². The molecule has 0 radical (unpaired) electrons. The van der Waals surface area contributed by atoms with E-state index in [2.05, 4.69) is 22.3 Å². The van der Waals surface area contributed by atoms with Crippen LogP contribution in [0.15, 0.2) is 53.4 Å². The Morgan fingerprint density at radius 1 is 1.12 bits per heavy atom. The summed E-state index contributed by atoms with van der Waals surface area (Å²) < 4.78 is 25.9. The number of nitrogens with zero attached hydrogens (tertiary/aromatic N) is 2. The van der Waals surface area contributed by atoms with Crippen molar-refractivity contribution in [1.82, 2.24) is 4.31 Å². The number of benzene rings is 2. The number of nitrogens with one attached hydrogen (secondary N) is 1. The Labute approximate surface area is 144 Å². The van der Waals surface area contributed by atoms with Crippen molar-refractivity contribution >= 4 is 21.4 Å². The quantitative estimate of drug-likeness (QED) is 0.926. The molecule has 6 heteroatoms. The van der Waals surface area contributed by atoms with Gasteiger partial charge in [0.2, 0.25) is 10.0 Å². The number of hydrogen-bond donors (Lipinski definition) is 1. The van der Waals surface area contributed by atoms with Crippen LogP contribution in [0.3, 0.4) is 0 Å². The topological polar surface area (TPSA) is 52.7 Å². The molecule has 0 spiro atoms. The van der Waals surface area contributed by atoms with Gasteiger partial charge in [-0.15, -0.1) is 0 Å². The highest BCUT2D eigenvalue weighted by Gasteiger charge is 2.19. The highest BCUT2D eigenvalue weighted by Crippen LogP contribution is 2.29. The van der Waals surface area contributed by atoms with Crippen molar-refractivity contribution in [2.75, 3.05) is 37.4 Å². The van der Waals surface area contributed by atoms with E-state index in [4.69, 9.17) is 0 Å². The molecule has 24 heavy (non-hydrogen) atoms. The molecule has 1 aliphatic rings. The Morgan fingerprint density at radius 3 is 2.71 bits per heavy atom. The normalized spacial score (nSPS) is 14.9. The minimum absolute atomic E-state index is 0.339. The fourth-order valence-corrected chi connectivity index (χ4v) is 3.88. The Bertz CT molecular complexity index is 819. The predicted octanol–water partition coefficient (Wildman–Crippen LogP) is 2.76. The summed E-state index contributed by atoms with van der Waals surface area (Å²) in [5.74, 6) is 0. The van der Waals surface area contributed by atoms with Gasteiger partial charge in [0.1, 0.15) is 0 Å². The predicted molar refractivity (Wildman–Crippen MR) is 97.9 cm³/mol. The van der Waals surface area contributed by atoms with Crippen molar-refractivity contribution in [2.24, 2.45) is 0 Å². The summed E-state index contributed by atoms with van der Waals surface area (Å²) in [6.07, 6.45) is 1.05. The number of para-hydroxylation sites is 2. The largest absolute Gasteiger partial charge is 0.383 e. The lowest BCUT2D eigenvalue weighted by Gasteiger charge is -2.25. The van der Waals surface area contributed by atoms with E-state index in [0.717, 1.165) is 36.4 Å². The third kappa shape index (κ3) is 3.39. The van der Waals surface area contributed by atoms with Gasteiger partial charge in [-0.1, -0.05) is 24.3 Å². The zero-order valence-corrected chi connectivity index (χ0v) is 14.9. The SMILES string of the molecule is CN(C)S(=O)(=O)c1cccc(CN2CCCNc3ccccc32)c1. The average Bonchev–Trinajstić information content (AvgIpc) is 2.78. The third-order valence-corrected chi connectivity index (χ3v) is 6.03. The van der Waals surface area contributed by atoms with E-state index < -0.39 is 10.0 Å². The highest BCUT2D eigenvalue weighted by atomic mass is 32.2. The summed E-state index contributed by atoms with van der Waals surface area (Å²) in [6.45, 7) is 2.58. The summed E-state index contributed by atoms with van der Waals surface area (Å²) in [4.78, 5) is 2.64. The zero-order valence-electron chi connectivity index (χ0n) is 14.1. The Kier molecular flexibility index (Phi) is 4.78. The number of rotatable bonds is 4. The Morgan fingerprint density at radius 2 is 1.92 bits per heavy atom. The van der Waals surface area contributed by atoms with Crippen molar-refractivity contribution in [2.45, 2.75) is 17.9 Å². The van der Waals surface area contributed by atoms with Crippen LogP contribution in [0.2, 0.25) is 0 Å². The number of hydrogen-bond acceptors (Lipinski definition) is 4. The molecule has 2 aromatic rings. The third-order valence-electron chi connectivity index (χ3n) is 4.22. The van der Waals surface area contributed by atoms with Crippen molar-refractivity contribution in [3.63, 3.8) is 0 Å². The molecule has 0 unspecified atom stereocenters. The number of sulfonamides is 1. The molecule has 0 saturated heterocycles. The van der Waals surface area contributed by atoms with E-state index in [1.807, 2.05) is 24.3 Å². The monoisotopic (exact) mass is 345 g/mol. The van der Waals surface area contributed by atoms with Crippen LogP contribution < -0.4 is 10.2 Å². The first-order valence-corrected chi connectivity index (χ1v) is 9.52.